The van der Waals surface area contributed by atoms with Gasteiger partial charge in [-0.1, -0.05) is 23.5 Å². The number of furan rings is 1. The predicted molar refractivity (Wildman–Crippen MR) is 118 cm³/mol. The molecule has 154 valence electrons. The fourth-order valence-electron chi connectivity index (χ4n) is 4.10. The number of ether oxygens (including phenoxy) is 1. The van der Waals surface area contributed by atoms with Gasteiger partial charge in [0.25, 0.3) is 5.19 Å². The number of nitrogens with one attached hydrogen (secondary N) is 1. The van der Waals surface area contributed by atoms with Gasteiger partial charge in [0.1, 0.15) is 11.3 Å². The second-order valence-electron chi connectivity index (χ2n) is 7.61. The summed E-state index contributed by atoms with van der Waals surface area (Å²) in [5, 5.41) is 5.17. The molecule has 3 heterocycles. The third-order valence-corrected chi connectivity index (χ3v) is 6.50. The van der Waals surface area contributed by atoms with Gasteiger partial charge in [0.15, 0.2) is 0 Å². The smallest absolute Gasteiger partial charge is 0.279 e. The minimum absolute atomic E-state index is 0.161. The van der Waals surface area contributed by atoms with E-state index in [1.807, 2.05) is 47.4 Å². The number of likely N-dealkylation sites (tertiary alicyclic amines) is 1. The molecule has 1 saturated heterocycles. The van der Waals surface area contributed by atoms with Crippen molar-refractivity contribution in [2.45, 2.75) is 32.4 Å². The number of amides is 1. The molecule has 0 radical (unpaired) electrons. The Bertz CT molecular complexity index is 1170. The Morgan fingerprint density at radius 1 is 1.33 bits per heavy atom. The van der Waals surface area contributed by atoms with Crippen LogP contribution in [0.4, 0.5) is 0 Å². The molecule has 2 aromatic heterocycles. The first-order valence-corrected chi connectivity index (χ1v) is 11.0. The van der Waals surface area contributed by atoms with E-state index in [-0.39, 0.29) is 11.9 Å². The average molecular weight is 422 g/mol. The van der Waals surface area contributed by atoms with Crippen molar-refractivity contribution in [2.75, 3.05) is 13.1 Å². The van der Waals surface area contributed by atoms with Crippen LogP contribution in [0, 0.1) is 0 Å². The van der Waals surface area contributed by atoms with Crippen LogP contribution >= 0.6 is 11.3 Å². The number of thiazole rings is 1. The predicted octanol–water partition coefficient (Wildman–Crippen LogP) is 4.94. The molecule has 1 N–H and O–H groups in total. The Morgan fingerprint density at radius 3 is 3.10 bits per heavy atom. The molecule has 1 amide bonds. The monoisotopic (exact) mass is 421 g/mol. The molecule has 5 rings (SSSR count). The second-order valence-corrected chi connectivity index (χ2v) is 8.60. The highest BCUT2D eigenvalue weighted by molar-refractivity contribution is 7.20. The van der Waals surface area contributed by atoms with Crippen LogP contribution < -0.4 is 10.1 Å². The SMILES string of the molecule is CC(=O)N1CCC[C@H]1CNCc1coc2cc(Oc3nc4ccccc4s3)ccc12. The first kappa shape index (κ1) is 19.1. The van der Waals surface area contributed by atoms with E-state index in [0.29, 0.717) is 17.5 Å². The quantitative estimate of drug-likeness (QED) is 0.478. The first-order valence-electron chi connectivity index (χ1n) is 10.2. The molecule has 7 heteroatoms. The van der Waals surface area contributed by atoms with Crippen molar-refractivity contribution in [3.05, 3.63) is 54.3 Å². The Hall–Kier alpha value is -2.90. The third-order valence-electron chi connectivity index (χ3n) is 5.58. The summed E-state index contributed by atoms with van der Waals surface area (Å²) >= 11 is 1.53. The lowest BCUT2D eigenvalue weighted by molar-refractivity contribution is -0.129. The Labute approximate surface area is 178 Å². The van der Waals surface area contributed by atoms with Gasteiger partial charge in [0, 0.05) is 49.6 Å². The van der Waals surface area contributed by atoms with E-state index in [4.69, 9.17) is 9.15 Å². The van der Waals surface area contributed by atoms with Crippen LogP contribution in [-0.4, -0.2) is 34.9 Å². The summed E-state index contributed by atoms with van der Waals surface area (Å²) in [5.74, 6) is 0.868. The molecule has 1 fully saturated rings. The number of benzene rings is 2. The number of aromatic nitrogens is 1. The van der Waals surface area contributed by atoms with E-state index >= 15 is 0 Å². The highest BCUT2D eigenvalue weighted by atomic mass is 32.1. The fourth-order valence-corrected chi connectivity index (χ4v) is 4.93. The van der Waals surface area contributed by atoms with Crippen molar-refractivity contribution in [2.24, 2.45) is 0 Å². The van der Waals surface area contributed by atoms with Gasteiger partial charge in [-0.15, -0.1) is 0 Å². The number of carbonyl (C=O) groups is 1. The zero-order valence-electron chi connectivity index (χ0n) is 16.8. The summed E-state index contributed by atoms with van der Waals surface area (Å²) in [6, 6.07) is 14.1. The lowest BCUT2D eigenvalue weighted by atomic mass is 10.1. The van der Waals surface area contributed by atoms with Crippen molar-refractivity contribution in [1.29, 1.82) is 0 Å². The summed E-state index contributed by atoms with van der Waals surface area (Å²) in [6.45, 7) is 4.02. The molecule has 0 unspecified atom stereocenters. The number of carbonyl (C=O) groups excluding carboxylic acids is 1. The van der Waals surface area contributed by atoms with E-state index in [2.05, 4.69) is 10.3 Å². The lowest BCUT2D eigenvalue weighted by Gasteiger charge is -2.23. The number of fused-ring (bicyclic) bond motifs is 2. The zero-order chi connectivity index (χ0) is 20.5. The summed E-state index contributed by atoms with van der Waals surface area (Å²) < 4.78 is 12.8. The number of rotatable bonds is 6. The van der Waals surface area contributed by atoms with Crippen LogP contribution in [0.25, 0.3) is 21.2 Å². The van der Waals surface area contributed by atoms with E-state index in [1.165, 1.54) is 11.3 Å². The highest BCUT2D eigenvalue weighted by Gasteiger charge is 2.25. The van der Waals surface area contributed by atoms with Crippen molar-refractivity contribution in [1.82, 2.24) is 15.2 Å². The molecule has 1 aliphatic rings. The van der Waals surface area contributed by atoms with Gasteiger partial charge < -0.3 is 19.4 Å². The maximum Gasteiger partial charge on any atom is 0.279 e. The summed E-state index contributed by atoms with van der Waals surface area (Å²) in [5.41, 5.74) is 2.83. The molecule has 1 atom stereocenters. The topological polar surface area (TPSA) is 67.6 Å². The fraction of sp³-hybridized carbons (Fsp3) is 0.304. The van der Waals surface area contributed by atoms with Crippen molar-refractivity contribution < 1.29 is 13.9 Å². The number of hydrogen-bond donors (Lipinski definition) is 1. The van der Waals surface area contributed by atoms with Gasteiger partial charge in [-0.2, -0.15) is 0 Å². The molecule has 30 heavy (non-hydrogen) atoms. The van der Waals surface area contributed by atoms with E-state index in [0.717, 1.165) is 52.7 Å². The second kappa shape index (κ2) is 8.08. The standard InChI is InChI=1S/C23H23N3O3S/c1-15(27)26-10-4-5-17(26)13-24-12-16-14-28-21-11-18(8-9-19(16)21)29-23-25-20-6-2-3-7-22(20)30-23/h2-3,6-9,11,14,17,24H,4-5,10,12-13H2,1H3/t17-/m0/s1. The van der Waals surface area contributed by atoms with Gasteiger partial charge in [-0.25, -0.2) is 4.98 Å². The Balaban J connectivity index is 1.25. The Kier molecular flexibility index (Phi) is 5.14. The lowest BCUT2D eigenvalue weighted by Crippen LogP contribution is -2.40. The molecule has 4 aromatic rings. The molecule has 0 aliphatic carbocycles. The van der Waals surface area contributed by atoms with E-state index in [1.54, 1.807) is 13.2 Å². The first-order chi connectivity index (χ1) is 14.7. The molecular formula is C23H23N3O3S. The Morgan fingerprint density at radius 2 is 2.23 bits per heavy atom. The zero-order valence-corrected chi connectivity index (χ0v) is 17.6. The van der Waals surface area contributed by atoms with Crippen LogP contribution in [0.3, 0.4) is 0 Å². The molecule has 1 aliphatic heterocycles. The molecular weight excluding hydrogens is 398 g/mol. The third kappa shape index (κ3) is 3.78. The summed E-state index contributed by atoms with van der Waals surface area (Å²) in [7, 11) is 0. The average Bonchev–Trinajstić information content (AvgIpc) is 3.46. The minimum Gasteiger partial charge on any atom is -0.464 e. The van der Waals surface area contributed by atoms with Gasteiger partial charge in [0.05, 0.1) is 16.5 Å². The summed E-state index contributed by atoms with van der Waals surface area (Å²) in [4.78, 5) is 18.2. The van der Waals surface area contributed by atoms with Crippen molar-refractivity contribution >= 4 is 38.4 Å². The van der Waals surface area contributed by atoms with E-state index < -0.39 is 0 Å². The van der Waals surface area contributed by atoms with Gasteiger partial charge in [-0.05, 0) is 37.1 Å². The molecule has 0 saturated carbocycles. The highest BCUT2D eigenvalue weighted by Crippen LogP contribution is 2.33. The maximum absolute atomic E-state index is 11.7. The number of para-hydroxylation sites is 1. The molecule has 2 aromatic carbocycles. The van der Waals surface area contributed by atoms with Gasteiger partial charge in [0.2, 0.25) is 5.91 Å². The van der Waals surface area contributed by atoms with Crippen LogP contribution in [0.5, 0.6) is 10.9 Å². The number of nitrogens with zero attached hydrogens (tertiary/aromatic N) is 2. The molecule has 0 bridgehead atoms. The van der Waals surface area contributed by atoms with E-state index in [9.17, 15) is 4.79 Å². The minimum atomic E-state index is 0.161. The number of hydrogen-bond acceptors (Lipinski definition) is 6. The maximum atomic E-state index is 11.7. The summed E-state index contributed by atoms with van der Waals surface area (Å²) in [6.07, 6.45) is 3.93. The van der Waals surface area contributed by atoms with Gasteiger partial charge >= 0.3 is 0 Å². The molecule has 0 spiro atoms. The van der Waals surface area contributed by atoms with Crippen LogP contribution in [0.2, 0.25) is 0 Å². The van der Waals surface area contributed by atoms with Crippen LogP contribution in [0.15, 0.2) is 53.1 Å². The molecule has 6 nitrogen and oxygen atoms in total. The van der Waals surface area contributed by atoms with Gasteiger partial charge in [-0.3, -0.25) is 4.79 Å². The largest absolute Gasteiger partial charge is 0.464 e. The van der Waals surface area contributed by atoms with Crippen LogP contribution in [0.1, 0.15) is 25.3 Å². The van der Waals surface area contributed by atoms with Crippen LogP contribution in [-0.2, 0) is 11.3 Å². The van der Waals surface area contributed by atoms with Crippen molar-refractivity contribution in [3.8, 4) is 10.9 Å². The van der Waals surface area contributed by atoms with Crippen molar-refractivity contribution in [3.63, 3.8) is 0 Å². The normalized spacial score (nSPS) is 16.6.